The van der Waals surface area contributed by atoms with E-state index in [1.165, 1.54) is 12.1 Å². The normalized spacial score (nSPS) is 16.6. The van der Waals surface area contributed by atoms with Gasteiger partial charge in [0.15, 0.2) is 0 Å². The van der Waals surface area contributed by atoms with Crippen LogP contribution in [0.2, 0.25) is 0 Å². The average molecular weight is 274 g/mol. The van der Waals surface area contributed by atoms with Crippen LogP contribution >= 0.6 is 0 Å². The summed E-state index contributed by atoms with van der Waals surface area (Å²) in [5, 5.41) is 0. The van der Waals surface area contributed by atoms with Crippen LogP contribution in [0.25, 0.3) is 11.0 Å². The Hall–Kier alpha value is -1.75. The van der Waals surface area contributed by atoms with Crippen molar-refractivity contribution in [3.8, 4) is 0 Å². The molecule has 0 spiro atoms. The van der Waals surface area contributed by atoms with Gasteiger partial charge >= 0.3 is 0 Å². The molecular formula is C15H17FN3O. The van der Waals surface area contributed by atoms with Gasteiger partial charge in [0.25, 0.3) is 5.56 Å². The fraction of sp³-hybridized carbons (Fsp3) is 0.400. The Kier molecular flexibility index (Phi) is 3.78. The summed E-state index contributed by atoms with van der Waals surface area (Å²) in [5.74, 6) is -0.368. The highest BCUT2D eigenvalue weighted by molar-refractivity contribution is 5.73. The van der Waals surface area contributed by atoms with Gasteiger partial charge in [-0.15, -0.1) is 0 Å². The number of hydrogen-bond donors (Lipinski definition) is 1. The number of fused-ring (bicyclic) bond motifs is 1. The molecule has 0 saturated carbocycles. The lowest BCUT2D eigenvalue weighted by molar-refractivity contribution is 0.256. The molecule has 1 aromatic carbocycles. The highest BCUT2D eigenvalue weighted by Gasteiger charge is 2.12. The Morgan fingerprint density at radius 2 is 2.10 bits per heavy atom. The Bertz CT molecular complexity index is 662. The highest BCUT2D eigenvalue weighted by Crippen LogP contribution is 2.11. The number of benzene rings is 1. The second kappa shape index (κ2) is 5.71. The number of aromatic amines is 1. The number of nitrogens with one attached hydrogen (secondary N) is 1. The summed E-state index contributed by atoms with van der Waals surface area (Å²) in [6, 6.07) is 4.26. The predicted molar refractivity (Wildman–Crippen MR) is 76.0 cm³/mol. The van der Waals surface area contributed by atoms with E-state index < -0.39 is 0 Å². The van der Waals surface area contributed by atoms with E-state index in [-0.39, 0.29) is 11.4 Å². The first-order valence-electron chi connectivity index (χ1n) is 6.95. The number of rotatable bonds is 3. The molecule has 1 aromatic heterocycles. The van der Waals surface area contributed by atoms with Crippen LogP contribution in [0.1, 0.15) is 18.5 Å². The number of halogens is 1. The molecule has 0 bridgehead atoms. The Balaban J connectivity index is 1.78. The Labute approximate surface area is 116 Å². The minimum Gasteiger partial charge on any atom is -0.319 e. The van der Waals surface area contributed by atoms with E-state index in [0.717, 1.165) is 32.5 Å². The summed E-state index contributed by atoms with van der Waals surface area (Å²) in [7, 11) is 0. The number of nitrogens with zero attached hydrogens (tertiary/aromatic N) is 2. The minimum absolute atomic E-state index is 0.216. The summed E-state index contributed by atoms with van der Waals surface area (Å²) < 4.78 is 13.1. The van der Waals surface area contributed by atoms with E-state index in [4.69, 9.17) is 0 Å². The molecular weight excluding hydrogens is 257 g/mol. The standard InChI is InChI=1S/C15H17FN3O/c16-11-4-5-12-14(10-11)18-15(20)13(17-12)6-9-19-7-2-1-3-8-19/h1,4-5,10H,2-3,6-9H2,(H,18,20). The van der Waals surface area contributed by atoms with Crippen LogP contribution in [-0.4, -0.2) is 34.5 Å². The van der Waals surface area contributed by atoms with Crippen LogP contribution in [0.15, 0.2) is 23.0 Å². The molecule has 4 nitrogen and oxygen atoms in total. The van der Waals surface area contributed by atoms with Gasteiger partial charge in [0, 0.05) is 13.0 Å². The molecule has 1 saturated heterocycles. The second-order valence-corrected chi connectivity index (χ2v) is 5.13. The number of piperidine rings is 1. The molecule has 5 heteroatoms. The van der Waals surface area contributed by atoms with Gasteiger partial charge in [0.1, 0.15) is 11.5 Å². The molecule has 2 aromatic rings. The summed E-state index contributed by atoms with van der Waals surface area (Å²) in [4.78, 5) is 21.4. The third kappa shape index (κ3) is 2.88. The molecule has 2 heterocycles. The summed E-state index contributed by atoms with van der Waals surface area (Å²) in [6.07, 6.45) is 5.15. The second-order valence-electron chi connectivity index (χ2n) is 5.13. The first-order chi connectivity index (χ1) is 9.72. The SMILES string of the molecule is O=c1[nH]c2cc(F)ccc2nc1CCN1CC[CH]CC1. The smallest absolute Gasteiger partial charge is 0.270 e. The lowest BCUT2D eigenvalue weighted by Gasteiger charge is -2.25. The fourth-order valence-electron chi connectivity index (χ4n) is 2.56. The van der Waals surface area contributed by atoms with Crippen molar-refractivity contribution in [2.24, 2.45) is 0 Å². The van der Waals surface area contributed by atoms with Crippen molar-refractivity contribution in [1.82, 2.24) is 14.9 Å². The quantitative estimate of drug-likeness (QED) is 0.930. The molecule has 1 fully saturated rings. The van der Waals surface area contributed by atoms with Gasteiger partial charge in [-0.1, -0.05) is 0 Å². The topological polar surface area (TPSA) is 49.0 Å². The van der Waals surface area contributed by atoms with Crippen LogP contribution in [0.4, 0.5) is 4.39 Å². The molecule has 20 heavy (non-hydrogen) atoms. The fourth-order valence-corrected chi connectivity index (χ4v) is 2.56. The molecule has 0 aliphatic carbocycles. The van der Waals surface area contributed by atoms with Crippen molar-refractivity contribution in [3.63, 3.8) is 0 Å². The monoisotopic (exact) mass is 274 g/mol. The molecule has 1 aliphatic rings. The van der Waals surface area contributed by atoms with Crippen LogP contribution in [-0.2, 0) is 6.42 Å². The van der Waals surface area contributed by atoms with Crippen molar-refractivity contribution < 1.29 is 4.39 Å². The average Bonchev–Trinajstić information content (AvgIpc) is 2.46. The van der Waals surface area contributed by atoms with E-state index in [0.29, 0.717) is 23.1 Å². The summed E-state index contributed by atoms with van der Waals surface area (Å²) in [6.45, 7) is 2.95. The molecule has 1 aliphatic heterocycles. The van der Waals surface area contributed by atoms with Gasteiger partial charge < -0.3 is 9.88 Å². The molecule has 105 valence electrons. The zero-order valence-corrected chi connectivity index (χ0v) is 11.2. The van der Waals surface area contributed by atoms with E-state index in [2.05, 4.69) is 21.3 Å². The lowest BCUT2D eigenvalue weighted by Crippen LogP contribution is -2.33. The molecule has 1 N–H and O–H groups in total. The predicted octanol–water partition coefficient (Wildman–Crippen LogP) is 1.90. The Morgan fingerprint density at radius 3 is 2.90 bits per heavy atom. The minimum atomic E-state index is -0.368. The van der Waals surface area contributed by atoms with Gasteiger partial charge in [-0.05, 0) is 50.6 Å². The first-order valence-corrected chi connectivity index (χ1v) is 6.95. The molecule has 0 unspecified atom stereocenters. The van der Waals surface area contributed by atoms with Crippen LogP contribution in [0, 0.1) is 12.2 Å². The maximum Gasteiger partial charge on any atom is 0.270 e. The number of H-pyrrole nitrogens is 1. The molecule has 0 amide bonds. The van der Waals surface area contributed by atoms with Crippen LogP contribution < -0.4 is 5.56 Å². The van der Waals surface area contributed by atoms with Crippen LogP contribution in [0.5, 0.6) is 0 Å². The maximum atomic E-state index is 13.1. The van der Waals surface area contributed by atoms with Crippen LogP contribution in [0.3, 0.4) is 0 Å². The summed E-state index contributed by atoms with van der Waals surface area (Å²) in [5.41, 5.74) is 1.39. The lowest BCUT2D eigenvalue weighted by atomic mass is 10.1. The molecule has 3 rings (SSSR count). The van der Waals surface area contributed by atoms with Gasteiger partial charge in [-0.25, -0.2) is 9.37 Å². The van der Waals surface area contributed by atoms with Gasteiger partial charge in [0.05, 0.1) is 11.0 Å². The molecule has 0 atom stereocenters. The zero-order valence-electron chi connectivity index (χ0n) is 11.2. The van der Waals surface area contributed by atoms with E-state index in [9.17, 15) is 9.18 Å². The summed E-state index contributed by atoms with van der Waals surface area (Å²) >= 11 is 0. The number of likely N-dealkylation sites (tertiary alicyclic amines) is 1. The van der Waals surface area contributed by atoms with Gasteiger partial charge in [-0.2, -0.15) is 0 Å². The van der Waals surface area contributed by atoms with Gasteiger partial charge in [-0.3, -0.25) is 4.79 Å². The van der Waals surface area contributed by atoms with Crippen molar-refractivity contribution in [3.05, 3.63) is 46.5 Å². The highest BCUT2D eigenvalue weighted by atomic mass is 19.1. The van der Waals surface area contributed by atoms with Crippen molar-refractivity contribution in [1.29, 1.82) is 0 Å². The van der Waals surface area contributed by atoms with Crippen molar-refractivity contribution in [2.45, 2.75) is 19.3 Å². The maximum absolute atomic E-state index is 13.1. The van der Waals surface area contributed by atoms with E-state index >= 15 is 0 Å². The number of hydrogen-bond acceptors (Lipinski definition) is 3. The third-order valence-corrected chi connectivity index (χ3v) is 3.69. The largest absolute Gasteiger partial charge is 0.319 e. The molecule has 1 radical (unpaired) electrons. The van der Waals surface area contributed by atoms with Crippen molar-refractivity contribution in [2.75, 3.05) is 19.6 Å². The van der Waals surface area contributed by atoms with Crippen molar-refractivity contribution >= 4 is 11.0 Å². The van der Waals surface area contributed by atoms with Gasteiger partial charge in [0.2, 0.25) is 0 Å². The first kappa shape index (κ1) is 13.2. The third-order valence-electron chi connectivity index (χ3n) is 3.69. The zero-order chi connectivity index (χ0) is 13.9. The number of aromatic nitrogens is 2. The van der Waals surface area contributed by atoms with E-state index in [1.807, 2.05) is 0 Å². The van der Waals surface area contributed by atoms with E-state index in [1.54, 1.807) is 6.07 Å². The Morgan fingerprint density at radius 1 is 1.30 bits per heavy atom.